The Morgan fingerprint density at radius 2 is 2.09 bits per heavy atom. The van der Waals surface area contributed by atoms with Crippen LogP contribution in [0.25, 0.3) is 0 Å². The molecule has 0 fully saturated rings. The molecule has 3 atom stereocenters. The summed E-state index contributed by atoms with van der Waals surface area (Å²) in [6.45, 7) is 3.91. The highest BCUT2D eigenvalue weighted by molar-refractivity contribution is 7.10. The zero-order valence-corrected chi connectivity index (χ0v) is 13.9. The Balaban J connectivity index is 1.94. The van der Waals surface area contributed by atoms with E-state index in [4.69, 9.17) is 4.74 Å². The van der Waals surface area contributed by atoms with Gasteiger partial charge in [-0.1, -0.05) is 12.1 Å². The van der Waals surface area contributed by atoms with Gasteiger partial charge in [0, 0.05) is 28.6 Å². The molecule has 2 rings (SSSR count). The largest absolute Gasteiger partial charge is 0.497 e. The number of thiophene rings is 1. The number of nitrogens with one attached hydrogen (secondary N) is 1. The molecule has 1 aromatic heterocycles. The Morgan fingerprint density at radius 1 is 1.32 bits per heavy atom. The third kappa shape index (κ3) is 4.29. The molecule has 0 radical (unpaired) electrons. The summed E-state index contributed by atoms with van der Waals surface area (Å²) < 4.78 is 19.1. The average molecular weight is 323 g/mol. The van der Waals surface area contributed by atoms with E-state index in [1.807, 2.05) is 31.4 Å². The van der Waals surface area contributed by atoms with Gasteiger partial charge >= 0.3 is 0 Å². The first kappa shape index (κ1) is 16.9. The van der Waals surface area contributed by atoms with E-state index in [9.17, 15) is 9.50 Å². The molecule has 1 aromatic carbocycles. The molecule has 22 heavy (non-hydrogen) atoms. The number of halogens is 1. The van der Waals surface area contributed by atoms with Gasteiger partial charge in [0.15, 0.2) is 0 Å². The molecule has 3 nitrogen and oxygen atoms in total. The molecule has 0 spiro atoms. The van der Waals surface area contributed by atoms with E-state index in [0.717, 1.165) is 4.88 Å². The van der Waals surface area contributed by atoms with Gasteiger partial charge in [0.05, 0.1) is 13.2 Å². The summed E-state index contributed by atoms with van der Waals surface area (Å²) in [5.74, 6) is 0.222. The zero-order chi connectivity index (χ0) is 16.1. The van der Waals surface area contributed by atoms with Crippen molar-refractivity contribution in [2.24, 2.45) is 0 Å². The van der Waals surface area contributed by atoms with Gasteiger partial charge in [-0.2, -0.15) is 0 Å². The van der Waals surface area contributed by atoms with Crippen molar-refractivity contribution in [2.75, 3.05) is 7.11 Å². The van der Waals surface area contributed by atoms with Gasteiger partial charge in [0.2, 0.25) is 0 Å². The topological polar surface area (TPSA) is 41.5 Å². The Bertz CT molecular complexity index is 588. The van der Waals surface area contributed by atoms with E-state index >= 15 is 0 Å². The fourth-order valence-corrected chi connectivity index (χ4v) is 3.23. The lowest BCUT2D eigenvalue weighted by Gasteiger charge is -2.22. The lowest BCUT2D eigenvalue weighted by atomic mass is 10.0. The van der Waals surface area contributed by atoms with Gasteiger partial charge in [-0.3, -0.25) is 0 Å². The molecule has 0 aliphatic heterocycles. The second-order valence-corrected chi connectivity index (χ2v) is 6.42. The van der Waals surface area contributed by atoms with Crippen molar-refractivity contribution in [2.45, 2.75) is 38.5 Å². The maximum Gasteiger partial charge on any atom is 0.131 e. The summed E-state index contributed by atoms with van der Waals surface area (Å²) >= 11 is 1.54. The number of hydrogen-bond donors (Lipinski definition) is 2. The maximum atomic E-state index is 14.1. The van der Waals surface area contributed by atoms with E-state index in [1.165, 1.54) is 13.2 Å². The van der Waals surface area contributed by atoms with Crippen LogP contribution in [0.5, 0.6) is 5.75 Å². The number of ether oxygens (including phenoxy) is 1. The molecule has 3 unspecified atom stereocenters. The predicted molar refractivity (Wildman–Crippen MR) is 87.9 cm³/mol. The van der Waals surface area contributed by atoms with Crippen molar-refractivity contribution < 1.29 is 14.2 Å². The van der Waals surface area contributed by atoms with Gasteiger partial charge < -0.3 is 15.2 Å². The third-order valence-electron chi connectivity index (χ3n) is 3.66. The number of aliphatic hydroxyl groups excluding tert-OH is 1. The van der Waals surface area contributed by atoms with Crippen LogP contribution in [0.2, 0.25) is 0 Å². The monoisotopic (exact) mass is 323 g/mol. The summed E-state index contributed by atoms with van der Waals surface area (Å²) in [4.78, 5) is 0.955. The molecule has 1 heterocycles. The predicted octanol–water partition coefficient (Wildman–Crippen LogP) is 4.06. The van der Waals surface area contributed by atoms with Crippen LogP contribution in [0.15, 0.2) is 35.7 Å². The Kier molecular flexibility index (Phi) is 5.94. The Labute approximate surface area is 134 Å². The fourth-order valence-electron chi connectivity index (χ4n) is 2.50. The number of hydrogen-bond acceptors (Lipinski definition) is 4. The summed E-state index contributed by atoms with van der Waals surface area (Å²) in [5.41, 5.74) is 0.596. The number of benzene rings is 1. The minimum absolute atomic E-state index is 0.0635. The molecule has 0 saturated heterocycles. The first-order valence-corrected chi connectivity index (χ1v) is 8.20. The first-order valence-electron chi connectivity index (χ1n) is 7.32. The van der Waals surface area contributed by atoms with Crippen molar-refractivity contribution in [3.05, 3.63) is 52.0 Å². The van der Waals surface area contributed by atoms with Crippen LogP contribution in [0.3, 0.4) is 0 Å². The van der Waals surface area contributed by atoms with E-state index in [2.05, 4.69) is 5.32 Å². The highest BCUT2D eigenvalue weighted by Crippen LogP contribution is 2.25. The standard InChI is InChI=1S/C17H22FNO2S/c1-11(9-16(20)17-5-4-8-22-17)19-12(2)14-7-6-13(21-3)10-15(14)18/h4-8,10-12,16,19-20H,9H2,1-3H3. The second-order valence-electron chi connectivity index (χ2n) is 5.44. The summed E-state index contributed by atoms with van der Waals surface area (Å²) in [7, 11) is 1.52. The van der Waals surface area contributed by atoms with Crippen LogP contribution in [0.4, 0.5) is 4.39 Å². The van der Waals surface area contributed by atoms with Gasteiger partial charge in [0.1, 0.15) is 11.6 Å². The molecule has 2 aromatic rings. The van der Waals surface area contributed by atoms with E-state index in [1.54, 1.807) is 23.5 Å². The second kappa shape index (κ2) is 7.72. The molecular formula is C17H22FNO2S. The minimum atomic E-state index is -0.490. The Morgan fingerprint density at radius 3 is 2.68 bits per heavy atom. The molecule has 0 aliphatic rings. The SMILES string of the molecule is COc1ccc(C(C)NC(C)CC(O)c2cccs2)c(F)c1. The molecule has 0 aliphatic carbocycles. The average Bonchev–Trinajstić information content (AvgIpc) is 3.00. The number of rotatable bonds is 7. The molecule has 0 saturated carbocycles. The molecule has 5 heteroatoms. The summed E-state index contributed by atoms with van der Waals surface area (Å²) in [5, 5.41) is 15.4. The molecule has 0 bridgehead atoms. The summed E-state index contributed by atoms with van der Waals surface area (Å²) in [6.07, 6.45) is 0.0956. The molecule has 2 N–H and O–H groups in total. The smallest absolute Gasteiger partial charge is 0.131 e. The quantitative estimate of drug-likeness (QED) is 0.807. The van der Waals surface area contributed by atoms with Crippen molar-refractivity contribution in [1.82, 2.24) is 5.32 Å². The van der Waals surface area contributed by atoms with Gasteiger partial charge in [0.25, 0.3) is 0 Å². The Hall–Kier alpha value is -1.43. The number of aliphatic hydroxyl groups is 1. The lowest BCUT2D eigenvalue weighted by Crippen LogP contribution is -2.30. The zero-order valence-electron chi connectivity index (χ0n) is 13.0. The highest BCUT2D eigenvalue weighted by Gasteiger charge is 2.17. The molecule has 120 valence electrons. The lowest BCUT2D eigenvalue weighted by molar-refractivity contribution is 0.155. The van der Waals surface area contributed by atoms with E-state index in [-0.39, 0.29) is 17.9 Å². The van der Waals surface area contributed by atoms with Crippen molar-refractivity contribution in [1.29, 1.82) is 0 Å². The molecule has 0 amide bonds. The fraction of sp³-hybridized carbons (Fsp3) is 0.412. The van der Waals surface area contributed by atoms with Gasteiger partial charge in [-0.25, -0.2) is 4.39 Å². The maximum absolute atomic E-state index is 14.1. The number of methoxy groups -OCH3 is 1. The van der Waals surface area contributed by atoms with E-state index in [0.29, 0.717) is 17.7 Å². The van der Waals surface area contributed by atoms with Crippen LogP contribution in [0.1, 0.15) is 42.9 Å². The van der Waals surface area contributed by atoms with Crippen molar-refractivity contribution >= 4 is 11.3 Å². The molecular weight excluding hydrogens is 301 g/mol. The van der Waals surface area contributed by atoms with Crippen LogP contribution < -0.4 is 10.1 Å². The van der Waals surface area contributed by atoms with Crippen LogP contribution >= 0.6 is 11.3 Å². The van der Waals surface area contributed by atoms with Crippen molar-refractivity contribution in [3.8, 4) is 5.75 Å². The summed E-state index contributed by atoms with van der Waals surface area (Å²) in [6, 6.07) is 8.64. The van der Waals surface area contributed by atoms with E-state index < -0.39 is 6.10 Å². The minimum Gasteiger partial charge on any atom is -0.497 e. The highest BCUT2D eigenvalue weighted by atomic mass is 32.1. The van der Waals surface area contributed by atoms with Crippen LogP contribution in [0, 0.1) is 5.82 Å². The van der Waals surface area contributed by atoms with Gasteiger partial charge in [-0.05, 0) is 37.8 Å². The van der Waals surface area contributed by atoms with Gasteiger partial charge in [-0.15, -0.1) is 11.3 Å². The normalized spacial score (nSPS) is 15.3. The van der Waals surface area contributed by atoms with Crippen LogP contribution in [-0.2, 0) is 0 Å². The third-order valence-corrected chi connectivity index (χ3v) is 4.63. The van der Waals surface area contributed by atoms with Crippen molar-refractivity contribution in [3.63, 3.8) is 0 Å². The first-order chi connectivity index (χ1) is 10.5. The van der Waals surface area contributed by atoms with Crippen LogP contribution in [-0.4, -0.2) is 18.3 Å².